The van der Waals surface area contributed by atoms with Crippen molar-refractivity contribution >= 4 is 5.91 Å². The van der Waals surface area contributed by atoms with Gasteiger partial charge in [-0.15, -0.1) is 0 Å². The van der Waals surface area contributed by atoms with Crippen molar-refractivity contribution < 1.29 is 9.53 Å². The molecule has 18 heavy (non-hydrogen) atoms. The van der Waals surface area contributed by atoms with Crippen molar-refractivity contribution in [2.45, 2.75) is 33.1 Å². The van der Waals surface area contributed by atoms with Gasteiger partial charge in [-0.2, -0.15) is 0 Å². The maximum atomic E-state index is 11.2. The average molecular weight is 249 g/mol. The van der Waals surface area contributed by atoms with Crippen LogP contribution in [0.25, 0.3) is 0 Å². The van der Waals surface area contributed by atoms with E-state index >= 15 is 0 Å². The maximum absolute atomic E-state index is 11.2. The van der Waals surface area contributed by atoms with Crippen LogP contribution in [0.4, 0.5) is 0 Å². The van der Waals surface area contributed by atoms with Crippen LogP contribution < -0.4 is 4.74 Å². The van der Waals surface area contributed by atoms with Crippen LogP contribution in [0, 0.1) is 0 Å². The van der Waals surface area contributed by atoms with Gasteiger partial charge in [-0.3, -0.25) is 4.79 Å². The van der Waals surface area contributed by atoms with E-state index in [1.807, 2.05) is 13.1 Å². The van der Waals surface area contributed by atoms with Crippen LogP contribution in [-0.2, 0) is 11.2 Å². The van der Waals surface area contributed by atoms with Gasteiger partial charge in [-0.05, 0) is 29.5 Å². The smallest absolute Gasteiger partial charge is 0.219 e. The third-order valence-electron chi connectivity index (χ3n) is 3.23. The summed E-state index contributed by atoms with van der Waals surface area (Å²) in [5.74, 6) is 1.49. The van der Waals surface area contributed by atoms with Crippen molar-refractivity contribution in [3.05, 3.63) is 29.3 Å². The zero-order valence-corrected chi connectivity index (χ0v) is 12.0. The number of carbonyl (C=O) groups excluding carboxylic acids is 1. The number of methoxy groups -OCH3 is 1. The first kappa shape index (κ1) is 14.6. The molecule has 0 N–H and O–H groups in total. The highest BCUT2D eigenvalue weighted by Gasteiger charge is 2.09. The number of ether oxygens (including phenoxy) is 1. The Balaban J connectivity index is 2.84. The predicted octanol–water partition coefficient (Wildman–Crippen LogP) is 2.84. The van der Waals surface area contributed by atoms with E-state index in [9.17, 15) is 4.79 Å². The summed E-state index contributed by atoms with van der Waals surface area (Å²) in [7, 11) is 3.50. The summed E-state index contributed by atoms with van der Waals surface area (Å²) < 4.78 is 5.37. The molecule has 0 aliphatic rings. The van der Waals surface area contributed by atoms with E-state index in [1.165, 1.54) is 5.56 Å². The van der Waals surface area contributed by atoms with Gasteiger partial charge in [-0.25, -0.2) is 0 Å². The van der Waals surface area contributed by atoms with Gasteiger partial charge < -0.3 is 9.64 Å². The predicted molar refractivity (Wildman–Crippen MR) is 74.1 cm³/mol. The summed E-state index contributed by atoms with van der Waals surface area (Å²) in [5.41, 5.74) is 2.47. The van der Waals surface area contributed by atoms with Crippen LogP contribution in [0.1, 0.15) is 37.8 Å². The molecule has 0 spiro atoms. The minimum absolute atomic E-state index is 0.0916. The van der Waals surface area contributed by atoms with E-state index < -0.39 is 0 Å². The zero-order chi connectivity index (χ0) is 13.7. The Morgan fingerprint density at radius 2 is 2.06 bits per heavy atom. The first-order valence-electron chi connectivity index (χ1n) is 6.34. The van der Waals surface area contributed by atoms with Gasteiger partial charge in [0.15, 0.2) is 0 Å². The number of amides is 1. The third-order valence-corrected chi connectivity index (χ3v) is 3.23. The molecule has 0 bridgehead atoms. The lowest BCUT2D eigenvalue weighted by atomic mass is 9.99. The molecule has 0 heterocycles. The summed E-state index contributed by atoms with van der Waals surface area (Å²) >= 11 is 0. The number of nitrogens with zero attached hydrogens (tertiary/aromatic N) is 1. The van der Waals surface area contributed by atoms with Crippen LogP contribution in [-0.4, -0.2) is 31.5 Å². The van der Waals surface area contributed by atoms with E-state index in [4.69, 9.17) is 4.74 Å². The molecule has 1 aromatic rings. The lowest BCUT2D eigenvalue weighted by Crippen LogP contribution is -2.26. The Morgan fingerprint density at radius 3 is 2.56 bits per heavy atom. The van der Waals surface area contributed by atoms with Gasteiger partial charge in [0.2, 0.25) is 5.91 Å². The SMILES string of the molecule is COc1ccc(C(C)C)cc1CCN(C)C(C)=O. The number of carbonyl (C=O) groups is 1. The van der Waals surface area contributed by atoms with Crippen molar-refractivity contribution in [2.75, 3.05) is 20.7 Å². The second-order valence-corrected chi connectivity index (χ2v) is 4.92. The normalized spacial score (nSPS) is 10.6. The molecule has 0 aliphatic carbocycles. The molecule has 0 saturated heterocycles. The molecule has 100 valence electrons. The van der Waals surface area contributed by atoms with E-state index in [2.05, 4.69) is 26.0 Å². The quantitative estimate of drug-likeness (QED) is 0.803. The van der Waals surface area contributed by atoms with Gasteiger partial charge >= 0.3 is 0 Å². The monoisotopic (exact) mass is 249 g/mol. The lowest BCUT2D eigenvalue weighted by molar-refractivity contribution is -0.127. The second kappa shape index (κ2) is 6.43. The summed E-state index contributed by atoms with van der Waals surface area (Å²) in [4.78, 5) is 12.9. The number of hydrogen-bond donors (Lipinski definition) is 0. The Labute approximate surface area is 110 Å². The zero-order valence-electron chi connectivity index (χ0n) is 12.0. The molecular formula is C15H23NO2. The minimum atomic E-state index is 0.0916. The maximum Gasteiger partial charge on any atom is 0.219 e. The molecule has 0 aliphatic heterocycles. The van der Waals surface area contributed by atoms with Crippen LogP contribution >= 0.6 is 0 Å². The largest absolute Gasteiger partial charge is 0.496 e. The van der Waals surface area contributed by atoms with Crippen molar-refractivity contribution in [1.82, 2.24) is 4.90 Å². The third kappa shape index (κ3) is 3.76. The average Bonchev–Trinajstić information content (AvgIpc) is 2.35. The topological polar surface area (TPSA) is 29.5 Å². The second-order valence-electron chi connectivity index (χ2n) is 4.92. The summed E-state index contributed by atoms with van der Waals surface area (Å²) in [6, 6.07) is 6.29. The van der Waals surface area contributed by atoms with Crippen molar-refractivity contribution in [3.8, 4) is 5.75 Å². The Hall–Kier alpha value is -1.51. The highest BCUT2D eigenvalue weighted by Crippen LogP contribution is 2.24. The van der Waals surface area contributed by atoms with E-state index in [1.54, 1.807) is 18.9 Å². The fraction of sp³-hybridized carbons (Fsp3) is 0.533. The molecule has 3 nitrogen and oxygen atoms in total. The molecule has 0 fully saturated rings. The van der Waals surface area contributed by atoms with E-state index in [0.717, 1.165) is 17.7 Å². The fourth-order valence-electron chi connectivity index (χ4n) is 1.80. The van der Waals surface area contributed by atoms with Crippen LogP contribution in [0.3, 0.4) is 0 Å². The molecule has 0 radical (unpaired) electrons. The first-order valence-corrected chi connectivity index (χ1v) is 6.34. The van der Waals surface area contributed by atoms with Crippen LogP contribution in [0.5, 0.6) is 5.75 Å². The molecule has 1 rings (SSSR count). The lowest BCUT2D eigenvalue weighted by Gasteiger charge is -2.17. The number of likely N-dealkylation sites (N-methyl/N-ethyl adjacent to an activating group) is 1. The number of rotatable bonds is 5. The molecular weight excluding hydrogens is 226 g/mol. The number of benzene rings is 1. The molecule has 0 atom stereocenters. The van der Waals surface area contributed by atoms with Gasteiger partial charge in [0, 0.05) is 20.5 Å². The van der Waals surface area contributed by atoms with Gasteiger partial charge in [0.05, 0.1) is 7.11 Å². The molecule has 0 unspecified atom stereocenters. The summed E-state index contributed by atoms with van der Waals surface area (Å²) in [6.45, 7) is 6.65. The Kier molecular flexibility index (Phi) is 5.20. The van der Waals surface area contributed by atoms with Crippen LogP contribution in [0.2, 0.25) is 0 Å². The van der Waals surface area contributed by atoms with Crippen molar-refractivity contribution in [2.24, 2.45) is 0 Å². The van der Waals surface area contributed by atoms with E-state index in [0.29, 0.717) is 12.5 Å². The van der Waals surface area contributed by atoms with Crippen molar-refractivity contribution in [3.63, 3.8) is 0 Å². The van der Waals surface area contributed by atoms with Gasteiger partial charge in [0.1, 0.15) is 5.75 Å². The highest BCUT2D eigenvalue weighted by molar-refractivity contribution is 5.72. The highest BCUT2D eigenvalue weighted by atomic mass is 16.5. The van der Waals surface area contributed by atoms with Gasteiger partial charge in [-0.1, -0.05) is 26.0 Å². The van der Waals surface area contributed by atoms with Crippen molar-refractivity contribution in [1.29, 1.82) is 0 Å². The fourth-order valence-corrected chi connectivity index (χ4v) is 1.80. The molecule has 0 aromatic heterocycles. The van der Waals surface area contributed by atoms with Crippen LogP contribution in [0.15, 0.2) is 18.2 Å². The summed E-state index contributed by atoms with van der Waals surface area (Å²) in [6.07, 6.45) is 0.819. The molecule has 3 heteroatoms. The minimum Gasteiger partial charge on any atom is -0.496 e. The van der Waals surface area contributed by atoms with E-state index in [-0.39, 0.29) is 5.91 Å². The Bertz CT molecular complexity index is 413. The molecule has 1 aromatic carbocycles. The molecule has 1 amide bonds. The number of hydrogen-bond acceptors (Lipinski definition) is 2. The first-order chi connectivity index (χ1) is 8.45. The Morgan fingerprint density at radius 1 is 1.39 bits per heavy atom. The van der Waals surface area contributed by atoms with Gasteiger partial charge in [0.25, 0.3) is 0 Å². The molecule has 0 saturated carbocycles. The summed E-state index contributed by atoms with van der Waals surface area (Å²) in [5, 5.41) is 0. The standard InChI is InChI=1S/C15H23NO2/c1-11(2)13-6-7-15(18-5)14(10-13)8-9-16(4)12(3)17/h6-7,10-11H,8-9H2,1-5H3.